The molecular weight excluding hydrogens is 472 g/mol. The van der Waals surface area contributed by atoms with Crippen molar-refractivity contribution in [3.8, 4) is 44.8 Å². The van der Waals surface area contributed by atoms with E-state index in [-0.39, 0.29) is 0 Å². The van der Waals surface area contributed by atoms with E-state index in [1.54, 1.807) is 0 Å². The van der Waals surface area contributed by atoms with Crippen LogP contribution >= 0.6 is 0 Å². The van der Waals surface area contributed by atoms with Gasteiger partial charge in [0.15, 0.2) is 0 Å². The molecule has 0 bridgehead atoms. The van der Waals surface area contributed by atoms with Gasteiger partial charge in [0.1, 0.15) is 0 Å². The molecule has 0 radical (unpaired) electrons. The zero-order valence-corrected chi connectivity index (χ0v) is 21.7. The van der Waals surface area contributed by atoms with Crippen LogP contribution in [0.25, 0.3) is 66.6 Å². The van der Waals surface area contributed by atoms with Crippen molar-refractivity contribution in [3.63, 3.8) is 0 Å². The van der Waals surface area contributed by atoms with Crippen LogP contribution in [0.15, 0.2) is 140 Å². The van der Waals surface area contributed by atoms with Gasteiger partial charge in [0.05, 0.1) is 22.4 Å². The van der Waals surface area contributed by atoms with Gasteiger partial charge in [-0.3, -0.25) is 0 Å². The highest BCUT2D eigenvalue weighted by atomic mass is 14.8. The average molecular weight is 499 g/mol. The van der Waals surface area contributed by atoms with Crippen molar-refractivity contribution in [2.75, 3.05) is 0 Å². The molecule has 2 heteroatoms. The second-order valence-corrected chi connectivity index (χ2v) is 9.88. The minimum atomic E-state index is 0.917. The fourth-order valence-electron chi connectivity index (χ4n) is 5.44. The predicted molar refractivity (Wildman–Crippen MR) is 164 cm³/mol. The van der Waals surface area contributed by atoms with Crippen molar-refractivity contribution in [1.82, 2.24) is 9.97 Å². The summed E-state index contributed by atoms with van der Waals surface area (Å²) in [5.41, 5.74) is 11.8. The lowest BCUT2D eigenvalue weighted by atomic mass is 9.93. The molecule has 0 unspecified atom stereocenters. The molecule has 0 fully saturated rings. The lowest BCUT2D eigenvalue weighted by Gasteiger charge is -2.16. The first-order valence-corrected chi connectivity index (χ1v) is 13.3. The first-order chi connectivity index (χ1) is 19.3. The number of pyridine rings is 2. The number of nitrogens with zero attached hydrogens (tertiary/aromatic N) is 2. The van der Waals surface area contributed by atoms with Gasteiger partial charge in [-0.2, -0.15) is 0 Å². The zero-order valence-electron chi connectivity index (χ0n) is 21.7. The molecule has 2 heterocycles. The van der Waals surface area contributed by atoms with Crippen molar-refractivity contribution in [2.45, 2.75) is 6.92 Å². The fraction of sp³-hybridized carbons (Fsp3) is 0.0270. The van der Waals surface area contributed by atoms with Crippen molar-refractivity contribution in [3.05, 3.63) is 145 Å². The SMILES string of the molecule is Cc1ccccc1-c1cc(-c2ccccc2)c2ccc3c(-c4ccccc4)cc(-c4ccccc4)nc3c2n1. The van der Waals surface area contributed by atoms with Crippen LogP contribution in [0.2, 0.25) is 0 Å². The second-order valence-electron chi connectivity index (χ2n) is 9.88. The summed E-state index contributed by atoms with van der Waals surface area (Å²) in [7, 11) is 0. The Kier molecular flexibility index (Phi) is 5.71. The van der Waals surface area contributed by atoms with Crippen molar-refractivity contribution in [1.29, 1.82) is 0 Å². The number of hydrogen-bond acceptors (Lipinski definition) is 2. The van der Waals surface area contributed by atoms with Crippen LogP contribution in [-0.4, -0.2) is 9.97 Å². The van der Waals surface area contributed by atoms with E-state index in [4.69, 9.17) is 9.97 Å². The van der Waals surface area contributed by atoms with Crippen LogP contribution in [0.3, 0.4) is 0 Å². The third kappa shape index (κ3) is 4.17. The number of benzene rings is 5. The summed E-state index contributed by atoms with van der Waals surface area (Å²) < 4.78 is 0. The number of hydrogen-bond donors (Lipinski definition) is 0. The predicted octanol–water partition coefficient (Wildman–Crippen LogP) is 9.76. The zero-order chi connectivity index (χ0) is 26.2. The Labute approximate surface area is 228 Å². The van der Waals surface area contributed by atoms with Gasteiger partial charge in [0, 0.05) is 21.9 Å². The average Bonchev–Trinajstić information content (AvgIpc) is 3.01. The summed E-state index contributed by atoms with van der Waals surface area (Å²) in [6.07, 6.45) is 0. The molecule has 0 amide bonds. The van der Waals surface area contributed by atoms with Gasteiger partial charge in [-0.05, 0) is 46.9 Å². The van der Waals surface area contributed by atoms with Gasteiger partial charge in [-0.15, -0.1) is 0 Å². The van der Waals surface area contributed by atoms with Gasteiger partial charge >= 0.3 is 0 Å². The maximum absolute atomic E-state index is 5.33. The summed E-state index contributed by atoms with van der Waals surface area (Å²) in [5.74, 6) is 0. The van der Waals surface area contributed by atoms with Gasteiger partial charge < -0.3 is 0 Å². The molecule has 0 spiro atoms. The third-order valence-corrected chi connectivity index (χ3v) is 7.42. The standard InChI is InChI=1S/C37H26N2/c1-25-13-11-12-20-29(25)35-24-33(27-16-7-3-8-17-27)31-22-21-30-32(26-14-5-2-6-15-26)23-34(28-18-9-4-10-19-28)38-36(30)37(31)39-35/h2-24H,1H3. The molecule has 0 aliphatic heterocycles. The number of fused-ring (bicyclic) bond motifs is 3. The Morgan fingerprint density at radius 2 is 0.821 bits per heavy atom. The molecule has 184 valence electrons. The Morgan fingerprint density at radius 1 is 0.385 bits per heavy atom. The minimum absolute atomic E-state index is 0.917. The van der Waals surface area contributed by atoms with E-state index in [9.17, 15) is 0 Å². The summed E-state index contributed by atoms with van der Waals surface area (Å²) in [6, 6.07) is 48.9. The molecule has 5 aromatic carbocycles. The third-order valence-electron chi connectivity index (χ3n) is 7.42. The highest BCUT2D eigenvalue weighted by molar-refractivity contribution is 6.13. The Hall–Kier alpha value is -5.08. The number of aromatic nitrogens is 2. The molecule has 0 aliphatic rings. The van der Waals surface area contributed by atoms with Crippen LogP contribution in [0.1, 0.15) is 5.56 Å². The van der Waals surface area contributed by atoms with Gasteiger partial charge in [0.25, 0.3) is 0 Å². The number of aryl methyl sites for hydroxylation is 1. The van der Waals surface area contributed by atoms with E-state index >= 15 is 0 Å². The van der Waals surface area contributed by atoms with E-state index < -0.39 is 0 Å². The molecule has 0 saturated heterocycles. The van der Waals surface area contributed by atoms with Crippen LogP contribution in [0, 0.1) is 6.92 Å². The Balaban J connectivity index is 1.63. The van der Waals surface area contributed by atoms with Gasteiger partial charge in [0.2, 0.25) is 0 Å². The van der Waals surface area contributed by atoms with Gasteiger partial charge in [-0.25, -0.2) is 9.97 Å². The molecule has 39 heavy (non-hydrogen) atoms. The first-order valence-electron chi connectivity index (χ1n) is 13.3. The van der Waals surface area contributed by atoms with Crippen molar-refractivity contribution < 1.29 is 0 Å². The molecule has 7 aromatic rings. The smallest absolute Gasteiger partial charge is 0.0978 e. The van der Waals surface area contributed by atoms with Crippen LogP contribution in [-0.2, 0) is 0 Å². The van der Waals surface area contributed by atoms with Crippen LogP contribution in [0.5, 0.6) is 0 Å². The lowest BCUT2D eigenvalue weighted by Crippen LogP contribution is -1.96. The second kappa shape index (κ2) is 9.66. The molecule has 0 saturated carbocycles. The highest BCUT2D eigenvalue weighted by Crippen LogP contribution is 2.39. The van der Waals surface area contributed by atoms with E-state index in [1.807, 2.05) is 6.07 Å². The summed E-state index contributed by atoms with van der Waals surface area (Å²) in [6.45, 7) is 2.14. The van der Waals surface area contributed by atoms with E-state index in [0.717, 1.165) is 55.4 Å². The molecule has 0 N–H and O–H groups in total. The lowest BCUT2D eigenvalue weighted by molar-refractivity contribution is 1.35. The molecule has 7 rings (SSSR count). The fourth-order valence-corrected chi connectivity index (χ4v) is 5.44. The maximum Gasteiger partial charge on any atom is 0.0978 e. The monoisotopic (exact) mass is 498 g/mol. The van der Waals surface area contributed by atoms with E-state index in [1.165, 1.54) is 16.7 Å². The molecule has 2 aromatic heterocycles. The van der Waals surface area contributed by atoms with E-state index in [0.29, 0.717) is 0 Å². The molecule has 0 aliphatic carbocycles. The maximum atomic E-state index is 5.33. The quantitative estimate of drug-likeness (QED) is 0.226. The van der Waals surface area contributed by atoms with Crippen molar-refractivity contribution >= 4 is 21.8 Å². The highest BCUT2D eigenvalue weighted by Gasteiger charge is 2.17. The van der Waals surface area contributed by atoms with Crippen LogP contribution in [0.4, 0.5) is 0 Å². The van der Waals surface area contributed by atoms with Crippen molar-refractivity contribution in [2.24, 2.45) is 0 Å². The summed E-state index contributed by atoms with van der Waals surface area (Å²) >= 11 is 0. The summed E-state index contributed by atoms with van der Waals surface area (Å²) in [4.78, 5) is 10.6. The summed E-state index contributed by atoms with van der Waals surface area (Å²) in [5, 5.41) is 2.20. The van der Waals surface area contributed by atoms with Crippen LogP contribution < -0.4 is 0 Å². The molecule has 2 nitrogen and oxygen atoms in total. The Morgan fingerprint density at radius 3 is 1.36 bits per heavy atom. The van der Waals surface area contributed by atoms with E-state index in [2.05, 4.69) is 140 Å². The normalized spacial score (nSPS) is 11.2. The first kappa shape index (κ1) is 23.1. The van der Waals surface area contributed by atoms with Gasteiger partial charge in [-0.1, -0.05) is 127 Å². The number of rotatable bonds is 4. The topological polar surface area (TPSA) is 25.8 Å². The molecule has 0 atom stereocenters. The Bertz CT molecular complexity index is 1940. The molecular formula is C37H26N2. The minimum Gasteiger partial charge on any atom is -0.245 e. The largest absolute Gasteiger partial charge is 0.245 e.